The molecule has 39 heavy (non-hydrogen) atoms. The van der Waals surface area contributed by atoms with Gasteiger partial charge in [0.25, 0.3) is 10.2 Å². The summed E-state index contributed by atoms with van der Waals surface area (Å²) in [5, 5.41) is 6.78. The molecule has 1 aromatic heterocycles. The normalized spacial score (nSPS) is 23.5. The molecule has 15 heteroatoms. The molecule has 0 aliphatic carbocycles. The smallest absolute Gasteiger partial charge is 0.350 e. The summed E-state index contributed by atoms with van der Waals surface area (Å²) in [6.45, 7) is 1.39. The van der Waals surface area contributed by atoms with Crippen LogP contribution in [0.5, 0.6) is 0 Å². The Morgan fingerprint density at radius 1 is 1.00 bits per heavy atom. The molecular weight excluding hydrogens is 539 g/mol. The number of rotatable bonds is 7. The maximum absolute atomic E-state index is 13.4. The van der Waals surface area contributed by atoms with Gasteiger partial charge in [0.05, 0.1) is 17.5 Å². The second kappa shape index (κ2) is 10.8. The average Bonchev–Trinajstić information content (AvgIpc) is 3.58. The molecule has 2 amide bonds. The minimum Gasteiger partial charge on any atom is -0.350 e. The largest absolute Gasteiger partial charge is 0.416 e. The van der Waals surface area contributed by atoms with Crippen LogP contribution in [0.1, 0.15) is 42.9 Å². The van der Waals surface area contributed by atoms with Crippen molar-refractivity contribution in [3.05, 3.63) is 48.0 Å². The van der Waals surface area contributed by atoms with Gasteiger partial charge in [-0.3, -0.25) is 9.59 Å². The lowest BCUT2D eigenvalue weighted by Gasteiger charge is -2.42. The fourth-order valence-electron chi connectivity index (χ4n) is 5.35. The van der Waals surface area contributed by atoms with Crippen LogP contribution in [0.2, 0.25) is 0 Å². The van der Waals surface area contributed by atoms with Gasteiger partial charge in [-0.15, -0.1) is 0 Å². The summed E-state index contributed by atoms with van der Waals surface area (Å²) in [4.78, 5) is 31.8. The summed E-state index contributed by atoms with van der Waals surface area (Å²) in [6.07, 6.45) is 0.690. The third kappa shape index (κ3) is 5.79. The zero-order chi connectivity index (χ0) is 27.8. The van der Waals surface area contributed by atoms with Gasteiger partial charge in [-0.1, -0.05) is 12.1 Å². The van der Waals surface area contributed by atoms with E-state index in [9.17, 15) is 31.2 Å². The standard InChI is InChI=1S/C24H30F3N7O4S/c25-24(26,27)19-7-5-17(6-8-19)11-29-22(35)21-4-2-10-33(21)23(36)18-3-1-9-31(12-18)39(37,38)32-13-20(14-32)34-16-28-15-30-34/h5-8,15-16,18,20-21H,1-4,9-14H2,(H,29,35)/t18-,21+/m0/s1. The van der Waals surface area contributed by atoms with Crippen molar-refractivity contribution in [3.8, 4) is 0 Å². The third-order valence-electron chi connectivity index (χ3n) is 7.61. The number of carbonyl (C=O) groups is 2. The number of hydrogen-bond acceptors (Lipinski definition) is 6. The van der Waals surface area contributed by atoms with E-state index in [4.69, 9.17) is 0 Å². The SMILES string of the molecule is O=C(NCc1ccc(C(F)(F)F)cc1)[C@H]1CCCN1C(=O)[C@H]1CCCN(S(=O)(=O)N2CC(n3cncn3)C2)C1. The van der Waals surface area contributed by atoms with Gasteiger partial charge in [0.15, 0.2) is 0 Å². The summed E-state index contributed by atoms with van der Waals surface area (Å²) < 4.78 is 69.1. The monoisotopic (exact) mass is 569 g/mol. The van der Waals surface area contributed by atoms with Crippen LogP contribution in [0.15, 0.2) is 36.9 Å². The van der Waals surface area contributed by atoms with Crippen LogP contribution in [0, 0.1) is 5.92 Å². The van der Waals surface area contributed by atoms with Crippen LogP contribution in [-0.4, -0.2) is 87.3 Å². The molecule has 0 unspecified atom stereocenters. The predicted octanol–water partition coefficient (Wildman–Crippen LogP) is 1.42. The van der Waals surface area contributed by atoms with E-state index in [1.165, 1.54) is 32.0 Å². The number of piperidine rings is 1. The van der Waals surface area contributed by atoms with Crippen molar-refractivity contribution in [3.63, 3.8) is 0 Å². The van der Waals surface area contributed by atoms with Crippen LogP contribution in [-0.2, 0) is 32.5 Å². The maximum atomic E-state index is 13.4. The second-order valence-electron chi connectivity index (χ2n) is 10.2. The highest BCUT2D eigenvalue weighted by Crippen LogP contribution is 2.31. The second-order valence-corrected chi connectivity index (χ2v) is 12.1. The van der Waals surface area contributed by atoms with E-state index in [0.717, 1.165) is 12.1 Å². The Balaban J connectivity index is 1.16. The van der Waals surface area contributed by atoms with Crippen LogP contribution < -0.4 is 5.32 Å². The Hall–Kier alpha value is -3.04. The fraction of sp³-hybridized carbons (Fsp3) is 0.583. The van der Waals surface area contributed by atoms with Crippen molar-refractivity contribution in [2.24, 2.45) is 5.92 Å². The summed E-state index contributed by atoms with van der Waals surface area (Å²) in [6, 6.07) is 3.78. The van der Waals surface area contributed by atoms with Crippen molar-refractivity contribution in [1.29, 1.82) is 0 Å². The number of benzene rings is 1. The number of carbonyl (C=O) groups excluding carboxylic acids is 2. The minimum absolute atomic E-state index is 0.0381. The van der Waals surface area contributed by atoms with Crippen molar-refractivity contribution in [1.82, 2.24) is 33.6 Å². The van der Waals surface area contributed by atoms with Gasteiger partial charge in [0, 0.05) is 39.3 Å². The van der Waals surface area contributed by atoms with E-state index < -0.39 is 33.9 Å². The van der Waals surface area contributed by atoms with Gasteiger partial charge >= 0.3 is 6.18 Å². The predicted molar refractivity (Wildman–Crippen MR) is 132 cm³/mol. The molecule has 1 aromatic carbocycles. The quantitative estimate of drug-likeness (QED) is 0.539. The Kier molecular flexibility index (Phi) is 7.66. The summed E-state index contributed by atoms with van der Waals surface area (Å²) in [7, 11) is -3.74. The number of amides is 2. The highest BCUT2D eigenvalue weighted by Gasteiger charge is 2.44. The molecular formula is C24H30F3N7O4S. The number of halogens is 3. The van der Waals surface area contributed by atoms with Crippen molar-refractivity contribution < 1.29 is 31.2 Å². The molecule has 3 aliphatic rings. The van der Waals surface area contributed by atoms with Crippen molar-refractivity contribution in [2.45, 2.75) is 50.5 Å². The van der Waals surface area contributed by atoms with Crippen molar-refractivity contribution in [2.75, 3.05) is 32.7 Å². The molecule has 2 atom stereocenters. The Labute approximate surface area is 224 Å². The molecule has 4 heterocycles. The molecule has 3 saturated heterocycles. The number of likely N-dealkylation sites (tertiary alicyclic amines) is 1. The summed E-state index contributed by atoms with van der Waals surface area (Å²) >= 11 is 0. The van der Waals surface area contributed by atoms with E-state index in [1.54, 1.807) is 11.0 Å². The molecule has 3 aliphatic heterocycles. The lowest BCUT2D eigenvalue weighted by molar-refractivity contribution is -0.142. The van der Waals surface area contributed by atoms with Crippen molar-refractivity contribution >= 4 is 22.0 Å². The summed E-state index contributed by atoms with van der Waals surface area (Å²) in [5.41, 5.74) is -0.254. The van der Waals surface area contributed by atoms with Crippen LogP contribution in [0.25, 0.3) is 0 Å². The Morgan fingerprint density at radius 3 is 2.38 bits per heavy atom. The topological polar surface area (TPSA) is 121 Å². The molecule has 2 aromatic rings. The first-order valence-electron chi connectivity index (χ1n) is 12.9. The molecule has 0 saturated carbocycles. The van der Waals surface area contributed by atoms with E-state index in [1.807, 2.05) is 0 Å². The van der Waals surface area contributed by atoms with Crippen LogP contribution in [0.3, 0.4) is 0 Å². The van der Waals surface area contributed by atoms with Gasteiger partial charge in [0.2, 0.25) is 11.8 Å². The fourth-order valence-corrected chi connectivity index (χ4v) is 7.13. The van der Waals surface area contributed by atoms with Crippen LogP contribution >= 0.6 is 0 Å². The summed E-state index contributed by atoms with van der Waals surface area (Å²) in [5.74, 6) is -1.17. The first-order chi connectivity index (χ1) is 18.5. The number of nitrogens with zero attached hydrogens (tertiary/aromatic N) is 6. The highest BCUT2D eigenvalue weighted by molar-refractivity contribution is 7.86. The molecule has 1 N–H and O–H groups in total. The zero-order valence-electron chi connectivity index (χ0n) is 21.1. The average molecular weight is 570 g/mol. The third-order valence-corrected chi connectivity index (χ3v) is 9.55. The number of hydrogen-bond donors (Lipinski definition) is 1. The van der Waals surface area contributed by atoms with E-state index in [0.29, 0.717) is 44.3 Å². The molecule has 0 bridgehead atoms. The molecule has 5 rings (SSSR count). The molecule has 212 valence electrons. The number of alkyl halides is 3. The Bertz CT molecular complexity index is 1280. The van der Waals surface area contributed by atoms with Gasteiger partial charge in [-0.25, -0.2) is 9.67 Å². The minimum atomic E-state index is -4.43. The van der Waals surface area contributed by atoms with E-state index in [2.05, 4.69) is 15.4 Å². The lowest BCUT2D eigenvalue weighted by Crippen LogP contribution is -2.58. The molecule has 11 nitrogen and oxygen atoms in total. The maximum Gasteiger partial charge on any atom is 0.416 e. The van der Waals surface area contributed by atoms with Crippen LogP contribution in [0.4, 0.5) is 13.2 Å². The first-order valence-corrected chi connectivity index (χ1v) is 14.3. The molecule has 3 fully saturated rings. The van der Waals surface area contributed by atoms with E-state index >= 15 is 0 Å². The molecule has 0 spiro atoms. The zero-order valence-corrected chi connectivity index (χ0v) is 21.9. The number of aromatic nitrogens is 3. The first kappa shape index (κ1) is 27.5. The Morgan fingerprint density at radius 2 is 1.72 bits per heavy atom. The van der Waals surface area contributed by atoms with Gasteiger partial charge in [0.1, 0.15) is 18.7 Å². The van der Waals surface area contributed by atoms with Gasteiger partial charge in [-0.2, -0.15) is 35.3 Å². The molecule has 0 radical (unpaired) electrons. The van der Waals surface area contributed by atoms with Gasteiger partial charge in [-0.05, 0) is 43.4 Å². The highest BCUT2D eigenvalue weighted by atomic mass is 32.2. The van der Waals surface area contributed by atoms with E-state index in [-0.39, 0.29) is 44.0 Å². The number of nitrogens with one attached hydrogen (secondary N) is 1. The lowest BCUT2D eigenvalue weighted by atomic mass is 9.97. The van der Waals surface area contributed by atoms with Gasteiger partial charge < -0.3 is 10.2 Å².